The number of methoxy groups -OCH3 is 1. The average Bonchev–Trinajstić information content (AvgIpc) is 2.98. The molecular formula is C14H20O2. The van der Waals surface area contributed by atoms with Crippen LogP contribution in [-0.4, -0.2) is 18.8 Å². The third-order valence-electron chi connectivity index (χ3n) is 3.43. The van der Waals surface area contributed by atoms with E-state index in [1.807, 2.05) is 32.0 Å². The zero-order valence-corrected chi connectivity index (χ0v) is 10.3. The van der Waals surface area contributed by atoms with E-state index in [0.29, 0.717) is 0 Å². The summed E-state index contributed by atoms with van der Waals surface area (Å²) in [6, 6.07) is 8.17. The lowest BCUT2D eigenvalue weighted by atomic mass is 9.85. The third-order valence-corrected chi connectivity index (χ3v) is 3.43. The van der Waals surface area contributed by atoms with E-state index in [2.05, 4.69) is 6.07 Å². The Morgan fingerprint density at radius 1 is 1.31 bits per heavy atom. The molecule has 2 nitrogen and oxygen atoms in total. The Balaban J connectivity index is 2.41. The number of aliphatic hydroxyl groups is 1. The summed E-state index contributed by atoms with van der Waals surface area (Å²) in [6.45, 7) is 4.43. The van der Waals surface area contributed by atoms with Crippen molar-refractivity contribution in [3.8, 4) is 0 Å². The van der Waals surface area contributed by atoms with Crippen LogP contribution in [0.3, 0.4) is 0 Å². The van der Waals surface area contributed by atoms with Gasteiger partial charge in [-0.1, -0.05) is 24.3 Å². The number of hydrogen-bond acceptors (Lipinski definition) is 2. The Morgan fingerprint density at radius 3 is 2.44 bits per heavy atom. The van der Waals surface area contributed by atoms with E-state index in [-0.39, 0.29) is 5.41 Å². The fraction of sp³-hybridized carbons (Fsp3) is 0.571. The van der Waals surface area contributed by atoms with E-state index in [1.165, 1.54) is 5.56 Å². The van der Waals surface area contributed by atoms with Gasteiger partial charge in [-0.2, -0.15) is 0 Å². The standard InChI is InChI=1S/C14H20O2/c1-13(2,15)11-6-4-5-7-12(11)14(8-9-14)10-16-3/h4-7,15H,8-10H2,1-3H3. The average molecular weight is 220 g/mol. The van der Waals surface area contributed by atoms with Crippen molar-refractivity contribution in [1.82, 2.24) is 0 Å². The van der Waals surface area contributed by atoms with Crippen LogP contribution in [0.1, 0.15) is 37.8 Å². The predicted octanol–water partition coefficient (Wildman–Crippen LogP) is 2.59. The molecule has 2 heteroatoms. The lowest BCUT2D eigenvalue weighted by Gasteiger charge is -2.26. The monoisotopic (exact) mass is 220 g/mol. The minimum atomic E-state index is -0.778. The smallest absolute Gasteiger partial charge is 0.0843 e. The van der Waals surface area contributed by atoms with Gasteiger partial charge in [-0.15, -0.1) is 0 Å². The van der Waals surface area contributed by atoms with E-state index in [1.54, 1.807) is 7.11 Å². The Morgan fingerprint density at radius 2 is 1.94 bits per heavy atom. The fourth-order valence-electron chi connectivity index (χ4n) is 2.40. The largest absolute Gasteiger partial charge is 0.386 e. The second-order valence-electron chi connectivity index (χ2n) is 5.32. The quantitative estimate of drug-likeness (QED) is 0.845. The molecule has 1 aliphatic rings. The molecule has 2 rings (SSSR count). The zero-order valence-electron chi connectivity index (χ0n) is 10.3. The summed E-state index contributed by atoms with van der Waals surface area (Å²) >= 11 is 0. The van der Waals surface area contributed by atoms with Crippen molar-refractivity contribution >= 4 is 0 Å². The van der Waals surface area contributed by atoms with Gasteiger partial charge in [0.1, 0.15) is 0 Å². The first kappa shape index (κ1) is 11.6. The molecular weight excluding hydrogens is 200 g/mol. The van der Waals surface area contributed by atoms with Gasteiger partial charge < -0.3 is 9.84 Å². The van der Waals surface area contributed by atoms with Crippen LogP contribution in [0, 0.1) is 0 Å². The molecule has 0 amide bonds. The summed E-state index contributed by atoms with van der Waals surface area (Å²) in [5, 5.41) is 10.2. The molecule has 1 fully saturated rings. The van der Waals surface area contributed by atoms with E-state index in [9.17, 15) is 5.11 Å². The maximum atomic E-state index is 10.2. The third kappa shape index (κ3) is 2.00. The zero-order chi connectivity index (χ0) is 11.8. The topological polar surface area (TPSA) is 29.5 Å². The predicted molar refractivity (Wildman–Crippen MR) is 64.5 cm³/mol. The molecule has 0 saturated heterocycles. The molecule has 1 saturated carbocycles. The van der Waals surface area contributed by atoms with Crippen molar-refractivity contribution in [2.45, 2.75) is 37.7 Å². The second-order valence-corrected chi connectivity index (χ2v) is 5.32. The van der Waals surface area contributed by atoms with Gasteiger partial charge in [0.25, 0.3) is 0 Å². The summed E-state index contributed by atoms with van der Waals surface area (Å²) in [5.41, 5.74) is 1.67. The lowest BCUT2D eigenvalue weighted by molar-refractivity contribution is 0.0758. The molecule has 0 bridgehead atoms. The van der Waals surface area contributed by atoms with E-state index in [4.69, 9.17) is 4.74 Å². The van der Waals surface area contributed by atoms with Crippen LogP contribution in [0.15, 0.2) is 24.3 Å². The van der Waals surface area contributed by atoms with E-state index >= 15 is 0 Å². The number of hydrogen-bond donors (Lipinski definition) is 1. The summed E-state index contributed by atoms with van der Waals surface area (Å²) in [7, 11) is 1.74. The van der Waals surface area contributed by atoms with Crippen LogP contribution >= 0.6 is 0 Å². The van der Waals surface area contributed by atoms with Crippen LogP contribution in [-0.2, 0) is 15.8 Å². The highest BCUT2D eigenvalue weighted by atomic mass is 16.5. The SMILES string of the molecule is COCC1(c2ccccc2C(C)(C)O)CC1. The molecule has 1 N–H and O–H groups in total. The second kappa shape index (κ2) is 3.86. The molecule has 0 heterocycles. The molecule has 0 spiro atoms. The van der Waals surface area contributed by atoms with Crippen LogP contribution in [0.5, 0.6) is 0 Å². The maximum absolute atomic E-state index is 10.2. The van der Waals surface area contributed by atoms with Gasteiger partial charge in [-0.3, -0.25) is 0 Å². The molecule has 0 aliphatic heterocycles. The Hall–Kier alpha value is -0.860. The Labute approximate surface area is 97.3 Å². The normalized spacial score (nSPS) is 18.5. The molecule has 1 aromatic rings. The first-order chi connectivity index (χ1) is 7.49. The van der Waals surface area contributed by atoms with Gasteiger partial charge >= 0.3 is 0 Å². The molecule has 0 atom stereocenters. The highest BCUT2D eigenvalue weighted by Gasteiger charge is 2.46. The maximum Gasteiger partial charge on any atom is 0.0843 e. The fourth-order valence-corrected chi connectivity index (χ4v) is 2.40. The van der Waals surface area contributed by atoms with Crippen molar-refractivity contribution in [2.75, 3.05) is 13.7 Å². The first-order valence-electron chi connectivity index (χ1n) is 5.81. The van der Waals surface area contributed by atoms with Crippen LogP contribution in [0.4, 0.5) is 0 Å². The summed E-state index contributed by atoms with van der Waals surface area (Å²) in [4.78, 5) is 0. The molecule has 0 unspecified atom stereocenters. The molecule has 1 aromatic carbocycles. The van der Waals surface area contributed by atoms with Gasteiger partial charge in [0, 0.05) is 12.5 Å². The summed E-state index contributed by atoms with van der Waals surface area (Å²) in [5.74, 6) is 0. The number of benzene rings is 1. The molecule has 0 radical (unpaired) electrons. The van der Waals surface area contributed by atoms with Gasteiger partial charge in [-0.05, 0) is 37.8 Å². The molecule has 1 aliphatic carbocycles. The minimum absolute atomic E-state index is 0.158. The lowest BCUT2D eigenvalue weighted by Crippen LogP contribution is -2.24. The van der Waals surface area contributed by atoms with Crippen molar-refractivity contribution in [2.24, 2.45) is 0 Å². The Kier molecular flexibility index (Phi) is 2.81. The van der Waals surface area contributed by atoms with Crippen molar-refractivity contribution in [3.05, 3.63) is 35.4 Å². The summed E-state index contributed by atoms with van der Waals surface area (Å²) in [6.07, 6.45) is 2.32. The van der Waals surface area contributed by atoms with Gasteiger partial charge in [-0.25, -0.2) is 0 Å². The van der Waals surface area contributed by atoms with Gasteiger partial charge in [0.2, 0.25) is 0 Å². The van der Waals surface area contributed by atoms with E-state index < -0.39 is 5.60 Å². The molecule has 88 valence electrons. The molecule has 0 aromatic heterocycles. The number of rotatable bonds is 4. The first-order valence-corrected chi connectivity index (χ1v) is 5.81. The number of ether oxygens (including phenoxy) is 1. The van der Waals surface area contributed by atoms with Crippen molar-refractivity contribution in [3.63, 3.8) is 0 Å². The van der Waals surface area contributed by atoms with Crippen LogP contribution in [0.25, 0.3) is 0 Å². The van der Waals surface area contributed by atoms with E-state index in [0.717, 1.165) is 25.0 Å². The highest BCUT2D eigenvalue weighted by Crippen LogP contribution is 2.50. The van der Waals surface area contributed by atoms with Crippen molar-refractivity contribution in [1.29, 1.82) is 0 Å². The minimum Gasteiger partial charge on any atom is -0.386 e. The summed E-state index contributed by atoms with van der Waals surface area (Å²) < 4.78 is 5.31. The van der Waals surface area contributed by atoms with Gasteiger partial charge in [0.15, 0.2) is 0 Å². The Bertz CT molecular complexity index is 373. The van der Waals surface area contributed by atoms with Gasteiger partial charge in [0.05, 0.1) is 12.2 Å². The molecule has 16 heavy (non-hydrogen) atoms. The van der Waals surface area contributed by atoms with Crippen LogP contribution < -0.4 is 0 Å². The van der Waals surface area contributed by atoms with Crippen LogP contribution in [0.2, 0.25) is 0 Å². The van der Waals surface area contributed by atoms with Crippen molar-refractivity contribution < 1.29 is 9.84 Å². The highest BCUT2D eigenvalue weighted by molar-refractivity contribution is 5.41.